The largest absolute Gasteiger partial charge is 0.492 e. The highest BCUT2D eigenvalue weighted by molar-refractivity contribution is 6.00. The van der Waals surface area contributed by atoms with Crippen LogP contribution in [-0.2, 0) is 4.74 Å². The van der Waals surface area contributed by atoms with Gasteiger partial charge in [-0.05, 0) is 6.92 Å². The number of carbonyl (C=O) groups excluding carboxylic acids is 1. The minimum atomic E-state index is -0.573. The van der Waals surface area contributed by atoms with Gasteiger partial charge in [0.25, 0.3) is 0 Å². The van der Waals surface area contributed by atoms with E-state index in [-0.39, 0.29) is 11.3 Å². The van der Waals surface area contributed by atoms with E-state index < -0.39 is 5.97 Å². The summed E-state index contributed by atoms with van der Waals surface area (Å²) in [4.78, 5) is 11.8. The number of esters is 1. The SMILES string of the molecule is CCOc1cc2c(c(C(=O)OC)c1N)OCCO2. The van der Waals surface area contributed by atoms with Gasteiger partial charge in [0.15, 0.2) is 11.5 Å². The van der Waals surface area contributed by atoms with E-state index in [1.807, 2.05) is 6.92 Å². The van der Waals surface area contributed by atoms with Gasteiger partial charge in [0.05, 0.1) is 19.4 Å². The Morgan fingerprint density at radius 2 is 2.17 bits per heavy atom. The first-order valence-corrected chi connectivity index (χ1v) is 5.62. The zero-order chi connectivity index (χ0) is 13.1. The Labute approximate surface area is 105 Å². The summed E-state index contributed by atoms with van der Waals surface area (Å²) in [7, 11) is 1.28. The number of nitrogen functional groups attached to an aromatic ring is 1. The Hall–Kier alpha value is -2.11. The van der Waals surface area contributed by atoms with Gasteiger partial charge < -0.3 is 24.7 Å². The van der Waals surface area contributed by atoms with Crippen molar-refractivity contribution in [2.24, 2.45) is 0 Å². The van der Waals surface area contributed by atoms with E-state index in [9.17, 15) is 4.79 Å². The third-order valence-electron chi connectivity index (χ3n) is 2.52. The molecule has 0 aliphatic carbocycles. The molecule has 0 saturated carbocycles. The van der Waals surface area contributed by atoms with Crippen LogP contribution in [0.2, 0.25) is 0 Å². The molecule has 6 nitrogen and oxygen atoms in total. The van der Waals surface area contributed by atoms with Crippen LogP contribution in [0.15, 0.2) is 6.07 Å². The third-order valence-corrected chi connectivity index (χ3v) is 2.52. The predicted molar refractivity (Wildman–Crippen MR) is 64.4 cm³/mol. The van der Waals surface area contributed by atoms with Crippen LogP contribution in [0.1, 0.15) is 17.3 Å². The number of rotatable bonds is 3. The monoisotopic (exact) mass is 253 g/mol. The molecule has 98 valence electrons. The zero-order valence-corrected chi connectivity index (χ0v) is 10.3. The Bertz CT molecular complexity index is 472. The molecule has 6 heteroatoms. The van der Waals surface area contributed by atoms with Crippen molar-refractivity contribution in [1.29, 1.82) is 0 Å². The molecule has 1 aliphatic heterocycles. The van der Waals surface area contributed by atoms with Gasteiger partial charge in [-0.25, -0.2) is 4.79 Å². The van der Waals surface area contributed by atoms with Crippen LogP contribution in [-0.4, -0.2) is 32.9 Å². The predicted octanol–water partition coefficient (Wildman–Crippen LogP) is 1.23. The summed E-state index contributed by atoms with van der Waals surface area (Å²) in [6, 6.07) is 1.62. The van der Waals surface area contributed by atoms with Crippen LogP contribution in [0, 0.1) is 0 Å². The molecule has 1 aromatic carbocycles. The molecule has 0 unspecified atom stereocenters. The van der Waals surface area contributed by atoms with Crippen molar-refractivity contribution < 1.29 is 23.7 Å². The first-order valence-electron chi connectivity index (χ1n) is 5.62. The van der Waals surface area contributed by atoms with Crippen LogP contribution in [0.4, 0.5) is 5.69 Å². The van der Waals surface area contributed by atoms with E-state index in [0.717, 1.165) is 0 Å². The van der Waals surface area contributed by atoms with Crippen molar-refractivity contribution in [2.75, 3.05) is 32.7 Å². The lowest BCUT2D eigenvalue weighted by Crippen LogP contribution is -2.20. The van der Waals surface area contributed by atoms with Gasteiger partial charge in [0, 0.05) is 6.07 Å². The molecule has 2 rings (SSSR count). The second-order valence-corrected chi connectivity index (χ2v) is 3.61. The summed E-state index contributed by atoms with van der Waals surface area (Å²) in [5.41, 5.74) is 6.26. The number of carbonyl (C=O) groups is 1. The van der Waals surface area contributed by atoms with Crippen molar-refractivity contribution in [3.63, 3.8) is 0 Å². The van der Waals surface area contributed by atoms with E-state index in [4.69, 9.17) is 24.7 Å². The molecule has 1 aromatic rings. The number of methoxy groups -OCH3 is 1. The number of ether oxygens (including phenoxy) is 4. The molecule has 0 amide bonds. The lowest BCUT2D eigenvalue weighted by molar-refractivity contribution is 0.0591. The molecule has 0 saturated heterocycles. The van der Waals surface area contributed by atoms with Gasteiger partial charge >= 0.3 is 5.97 Å². The van der Waals surface area contributed by atoms with Gasteiger partial charge in [-0.2, -0.15) is 0 Å². The Morgan fingerprint density at radius 3 is 2.83 bits per heavy atom. The smallest absolute Gasteiger partial charge is 0.344 e. The quantitative estimate of drug-likeness (QED) is 0.644. The fourth-order valence-corrected chi connectivity index (χ4v) is 1.76. The third kappa shape index (κ3) is 2.01. The fourth-order valence-electron chi connectivity index (χ4n) is 1.76. The molecular formula is C12H15NO5. The van der Waals surface area contributed by atoms with E-state index in [1.54, 1.807) is 6.07 Å². The van der Waals surface area contributed by atoms with E-state index in [0.29, 0.717) is 37.1 Å². The minimum absolute atomic E-state index is 0.151. The number of hydrogen-bond acceptors (Lipinski definition) is 6. The van der Waals surface area contributed by atoms with Crippen LogP contribution >= 0.6 is 0 Å². The van der Waals surface area contributed by atoms with Crippen LogP contribution in [0.3, 0.4) is 0 Å². The number of nitrogens with two attached hydrogens (primary N) is 1. The van der Waals surface area contributed by atoms with Crippen molar-refractivity contribution in [3.05, 3.63) is 11.6 Å². The first kappa shape index (κ1) is 12.3. The van der Waals surface area contributed by atoms with Gasteiger partial charge in [-0.15, -0.1) is 0 Å². The second-order valence-electron chi connectivity index (χ2n) is 3.61. The van der Waals surface area contributed by atoms with Crippen LogP contribution in [0.25, 0.3) is 0 Å². The average Bonchev–Trinajstić information content (AvgIpc) is 2.39. The van der Waals surface area contributed by atoms with Crippen molar-refractivity contribution in [3.8, 4) is 17.2 Å². The van der Waals surface area contributed by atoms with Gasteiger partial charge in [-0.1, -0.05) is 0 Å². The highest BCUT2D eigenvalue weighted by atomic mass is 16.6. The van der Waals surface area contributed by atoms with Crippen LogP contribution < -0.4 is 19.9 Å². The minimum Gasteiger partial charge on any atom is -0.492 e. The number of benzene rings is 1. The maximum Gasteiger partial charge on any atom is 0.344 e. The highest BCUT2D eigenvalue weighted by Gasteiger charge is 2.27. The molecule has 0 fully saturated rings. The Kier molecular flexibility index (Phi) is 3.45. The highest BCUT2D eigenvalue weighted by Crippen LogP contribution is 2.43. The number of hydrogen-bond donors (Lipinski definition) is 1. The summed E-state index contributed by atoms with van der Waals surface area (Å²) in [6.45, 7) is 3.05. The molecule has 0 atom stereocenters. The normalized spacial score (nSPS) is 13.0. The van der Waals surface area contributed by atoms with Crippen molar-refractivity contribution >= 4 is 11.7 Å². The molecule has 0 bridgehead atoms. The lowest BCUT2D eigenvalue weighted by atomic mass is 10.1. The second kappa shape index (κ2) is 5.03. The maximum atomic E-state index is 11.8. The molecule has 1 heterocycles. The summed E-state index contributed by atoms with van der Waals surface area (Å²) < 4.78 is 20.9. The molecule has 0 spiro atoms. The average molecular weight is 253 g/mol. The van der Waals surface area contributed by atoms with Crippen molar-refractivity contribution in [1.82, 2.24) is 0 Å². The van der Waals surface area contributed by atoms with Gasteiger partial charge in [0.1, 0.15) is 24.5 Å². The van der Waals surface area contributed by atoms with Crippen LogP contribution in [0.5, 0.6) is 17.2 Å². The number of anilines is 1. The standard InChI is InChI=1S/C12H15NO5/c1-3-16-7-6-8-11(18-5-4-17-8)9(10(7)13)12(14)15-2/h6H,3-5,13H2,1-2H3. The van der Waals surface area contributed by atoms with Gasteiger partial charge in [-0.3, -0.25) is 0 Å². The molecule has 0 radical (unpaired) electrons. The van der Waals surface area contributed by atoms with E-state index in [2.05, 4.69) is 0 Å². The summed E-state index contributed by atoms with van der Waals surface area (Å²) >= 11 is 0. The van der Waals surface area contributed by atoms with E-state index in [1.165, 1.54) is 7.11 Å². The Balaban J connectivity index is 2.58. The summed E-state index contributed by atoms with van der Waals surface area (Å²) in [6.07, 6.45) is 0. The molecule has 2 N–H and O–H groups in total. The summed E-state index contributed by atoms with van der Waals surface area (Å²) in [5, 5.41) is 0. The molecule has 0 aromatic heterocycles. The zero-order valence-electron chi connectivity index (χ0n) is 10.3. The molecule has 1 aliphatic rings. The topological polar surface area (TPSA) is 80.0 Å². The van der Waals surface area contributed by atoms with Gasteiger partial charge in [0.2, 0.25) is 0 Å². The van der Waals surface area contributed by atoms with E-state index >= 15 is 0 Å². The number of fused-ring (bicyclic) bond motifs is 1. The fraction of sp³-hybridized carbons (Fsp3) is 0.417. The Morgan fingerprint density at radius 1 is 1.44 bits per heavy atom. The first-order chi connectivity index (χ1) is 8.69. The maximum absolute atomic E-state index is 11.8. The molecular weight excluding hydrogens is 238 g/mol. The summed E-state index contributed by atoms with van der Waals surface area (Å²) in [5.74, 6) is 0.575. The molecule has 18 heavy (non-hydrogen) atoms. The lowest BCUT2D eigenvalue weighted by Gasteiger charge is -2.22. The van der Waals surface area contributed by atoms with Crippen molar-refractivity contribution in [2.45, 2.75) is 6.92 Å².